The number of methoxy groups -OCH3 is 1. The van der Waals surface area contributed by atoms with Gasteiger partial charge in [0.15, 0.2) is 5.75 Å². The highest BCUT2D eigenvalue weighted by Gasteiger charge is 2.15. The van der Waals surface area contributed by atoms with Crippen LogP contribution < -0.4 is 14.8 Å². The Kier molecular flexibility index (Phi) is 5.76. The van der Waals surface area contributed by atoms with E-state index in [-0.39, 0.29) is 27.9 Å². The van der Waals surface area contributed by atoms with Gasteiger partial charge in [-0.25, -0.2) is 4.79 Å². The lowest BCUT2D eigenvalue weighted by Gasteiger charge is -2.11. The van der Waals surface area contributed by atoms with Gasteiger partial charge >= 0.3 is 6.09 Å². The van der Waals surface area contributed by atoms with E-state index in [4.69, 9.17) is 21.1 Å². The number of halogens is 1. The van der Waals surface area contributed by atoms with E-state index in [1.807, 2.05) is 30.3 Å². The van der Waals surface area contributed by atoms with Crippen LogP contribution in [0.1, 0.15) is 0 Å². The second-order valence-electron chi connectivity index (χ2n) is 5.67. The summed E-state index contributed by atoms with van der Waals surface area (Å²) in [6.45, 7) is 0. The Balaban J connectivity index is 1.74. The van der Waals surface area contributed by atoms with E-state index in [0.717, 1.165) is 11.1 Å². The summed E-state index contributed by atoms with van der Waals surface area (Å²) < 4.78 is 10.3. The number of non-ortho nitro benzene ring substituents is 1. The number of anilines is 1. The normalized spacial score (nSPS) is 10.2. The molecule has 0 aliphatic heterocycles. The van der Waals surface area contributed by atoms with Gasteiger partial charge in [0.25, 0.3) is 5.69 Å². The molecule has 0 unspecified atom stereocenters. The first-order chi connectivity index (χ1) is 13.5. The molecule has 0 spiro atoms. The molecule has 0 heterocycles. The summed E-state index contributed by atoms with van der Waals surface area (Å²) in [5, 5.41) is 13.6. The molecule has 28 heavy (non-hydrogen) atoms. The van der Waals surface area contributed by atoms with Crippen molar-refractivity contribution in [2.45, 2.75) is 0 Å². The first kappa shape index (κ1) is 19.2. The monoisotopic (exact) mass is 398 g/mol. The zero-order chi connectivity index (χ0) is 20.1. The first-order valence-corrected chi connectivity index (χ1v) is 8.52. The quantitative estimate of drug-likeness (QED) is 0.450. The van der Waals surface area contributed by atoms with E-state index in [0.29, 0.717) is 0 Å². The molecule has 0 aliphatic rings. The molecule has 3 rings (SSSR count). The van der Waals surface area contributed by atoms with Gasteiger partial charge in [0, 0.05) is 6.07 Å². The van der Waals surface area contributed by atoms with E-state index in [2.05, 4.69) is 5.32 Å². The predicted octanol–water partition coefficient (Wildman–Crippen LogP) is 5.53. The SMILES string of the molecule is COc1cc([N+](=O)[O-])ccc1NC(=O)Oc1ccc(-c2ccccc2)cc1Cl. The lowest BCUT2D eigenvalue weighted by Crippen LogP contribution is -2.17. The molecule has 3 aromatic carbocycles. The van der Waals surface area contributed by atoms with Crippen LogP contribution in [0.25, 0.3) is 11.1 Å². The summed E-state index contributed by atoms with van der Waals surface area (Å²) in [4.78, 5) is 22.5. The Bertz CT molecular complexity index is 1020. The van der Waals surface area contributed by atoms with Crippen LogP contribution in [0.4, 0.5) is 16.2 Å². The van der Waals surface area contributed by atoms with Crippen LogP contribution in [0.3, 0.4) is 0 Å². The van der Waals surface area contributed by atoms with Gasteiger partial charge in [-0.05, 0) is 29.3 Å². The van der Waals surface area contributed by atoms with Gasteiger partial charge < -0.3 is 9.47 Å². The summed E-state index contributed by atoms with van der Waals surface area (Å²) >= 11 is 6.24. The van der Waals surface area contributed by atoms with Gasteiger partial charge in [0.2, 0.25) is 0 Å². The van der Waals surface area contributed by atoms with E-state index in [1.54, 1.807) is 18.2 Å². The summed E-state index contributed by atoms with van der Waals surface area (Å²) in [5.74, 6) is 0.316. The summed E-state index contributed by atoms with van der Waals surface area (Å²) in [6, 6.07) is 18.5. The van der Waals surface area contributed by atoms with Gasteiger partial charge in [-0.2, -0.15) is 0 Å². The van der Waals surface area contributed by atoms with Crippen LogP contribution in [0.5, 0.6) is 11.5 Å². The molecule has 0 atom stereocenters. The number of rotatable bonds is 5. The van der Waals surface area contributed by atoms with Crippen molar-refractivity contribution < 1.29 is 19.2 Å². The maximum absolute atomic E-state index is 12.2. The van der Waals surface area contributed by atoms with Gasteiger partial charge in [-0.3, -0.25) is 15.4 Å². The Morgan fingerprint density at radius 3 is 2.39 bits per heavy atom. The van der Waals surface area contributed by atoms with Crippen LogP contribution >= 0.6 is 11.6 Å². The lowest BCUT2D eigenvalue weighted by molar-refractivity contribution is -0.384. The van der Waals surface area contributed by atoms with Crippen LogP contribution in [0.15, 0.2) is 66.7 Å². The number of nitro benzene ring substituents is 1. The number of carbonyl (C=O) groups is 1. The molecule has 1 amide bonds. The van der Waals surface area contributed by atoms with Crippen molar-refractivity contribution in [3.05, 3.63) is 81.9 Å². The minimum atomic E-state index is -0.804. The molecule has 8 heteroatoms. The minimum absolute atomic E-state index is 0.136. The zero-order valence-corrected chi connectivity index (χ0v) is 15.5. The molecule has 7 nitrogen and oxygen atoms in total. The number of nitrogens with one attached hydrogen (secondary N) is 1. The van der Waals surface area contributed by atoms with Crippen molar-refractivity contribution in [3.8, 4) is 22.6 Å². The topological polar surface area (TPSA) is 90.7 Å². The lowest BCUT2D eigenvalue weighted by atomic mass is 10.1. The largest absolute Gasteiger partial charge is 0.494 e. The molecular formula is C20H15ClN2O5. The van der Waals surface area contributed by atoms with Crippen LogP contribution in [-0.2, 0) is 0 Å². The van der Waals surface area contributed by atoms with Crippen LogP contribution in [0, 0.1) is 10.1 Å². The minimum Gasteiger partial charge on any atom is -0.494 e. The number of benzene rings is 3. The molecule has 1 N–H and O–H groups in total. The van der Waals surface area contributed by atoms with E-state index in [1.165, 1.54) is 25.3 Å². The molecular weight excluding hydrogens is 384 g/mol. The zero-order valence-electron chi connectivity index (χ0n) is 14.7. The van der Waals surface area contributed by atoms with E-state index in [9.17, 15) is 14.9 Å². The van der Waals surface area contributed by atoms with Crippen LogP contribution in [0.2, 0.25) is 5.02 Å². The fourth-order valence-corrected chi connectivity index (χ4v) is 2.74. The summed E-state index contributed by atoms with van der Waals surface area (Å²) in [7, 11) is 1.34. The summed E-state index contributed by atoms with van der Waals surface area (Å²) in [6.07, 6.45) is -0.804. The highest BCUT2D eigenvalue weighted by molar-refractivity contribution is 6.32. The molecule has 0 aromatic heterocycles. The van der Waals surface area contributed by atoms with E-state index < -0.39 is 11.0 Å². The van der Waals surface area contributed by atoms with Crippen molar-refractivity contribution in [2.24, 2.45) is 0 Å². The van der Waals surface area contributed by atoms with Gasteiger partial charge in [0.1, 0.15) is 5.75 Å². The van der Waals surface area contributed by atoms with Crippen molar-refractivity contribution in [3.63, 3.8) is 0 Å². The number of ether oxygens (including phenoxy) is 2. The number of hydrogen-bond donors (Lipinski definition) is 1. The Morgan fingerprint density at radius 1 is 1.00 bits per heavy atom. The molecule has 0 fully saturated rings. The van der Waals surface area contributed by atoms with Gasteiger partial charge in [-0.1, -0.05) is 48.0 Å². The maximum atomic E-state index is 12.2. The predicted molar refractivity (Wildman–Crippen MR) is 106 cm³/mol. The van der Waals surface area contributed by atoms with Crippen molar-refractivity contribution in [1.82, 2.24) is 0 Å². The Hall–Kier alpha value is -3.58. The third-order valence-electron chi connectivity index (χ3n) is 3.87. The maximum Gasteiger partial charge on any atom is 0.417 e. The molecule has 0 saturated carbocycles. The van der Waals surface area contributed by atoms with Crippen LogP contribution in [-0.4, -0.2) is 18.1 Å². The van der Waals surface area contributed by atoms with Crippen molar-refractivity contribution in [1.29, 1.82) is 0 Å². The number of nitrogens with zero attached hydrogens (tertiary/aromatic N) is 1. The second kappa shape index (κ2) is 8.41. The average molecular weight is 399 g/mol. The second-order valence-corrected chi connectivity index (χ2v) is 6.07. The van der Waals surface area contributed by atoms with Crippen molar-refractivity contribution in [2.75, 3.05) is 12.4 Å². The van der Waals surface area contributed by atoms with Gasteiger partial charge in [-0.15, -0.1) is 0 Å². The van der Waals surface area contributed by atoms with E-state index >= 15 is 0 Å². The van der Waals surface area contributed by atoms with Gasteiger partial charge in [0.05, 0.1) is 28.8 Å². The fourth-order valence-electron chi connectivity index (χ4n) is 2.53. The number of hydrogen-bond acceptors (Lipinski definition) is 5. The number of carbonyl (C=O) groups excluding carboxylic acids is 1. The standard InChI is InChI=1S/C20H15ClN2O5/c1-27-19-12-15(23(25)26)8-9-17(19)22-20(24)28-18-10-7-14(11-16(18)21)13-5-3-2-4-6-13/h2-12H,1H3,(H,22,24). The molecule has 0 radical (unpaired) electrons. The number of nitro groups is 1. The molecule has 0 saturated heterocycles. The molecule has 0 aliphatic carbocycles. The molecule has 142 valence electrons. The number of amides is 1. The molecule has 3 aromatic rings. The van der Waals surface area contributed by atoms with Crippen molar-refractivity contribution >= 4 is 29.1 Å². The third kappa shape index (κ3) is 4.39. The average Bonchev–Trinajstić information content (AvgIpc) is 2.70. The third-order valence-corrected chi connectivity index (χ3v) is 4.17. The highest BCUT2D eigenvalue weighted by atomic mass is 35.5. The highest BCUT2D eigenvalue weighted by Crippen LogP contribution is 2.32. The fraction of sp³-hybridized carbons (Fsp3) is 0.0500. The molecule has 0 bridgehead atoms. The summed E-state index contributed by atoms with van der Waals surface area (Å²) in [5.41, 5.74) is 1.94. The smallest absolute Gasteiger partial charge is 0.417 e. The Labute approximate surface area is 165 Å². The first-order valence-electron chi connectivity index (χ1n) is 8.14. The Morgan fingerprint density at radius 2 is 1.75 bits per heavy atom.